The van der Waals surface area contributed by atoms with Crippen LogP contribution in [0.3, 0.4) is 0 Å². The first-order valence-corrected chi connectivity index (χ1v) is 11.4. The highest BCUT2D eigenvalue weighted by atomic mass is 35.5. The van der Waals surface area contributed by atoms with Gasteiger partial charge in [-0.2, -0.15) is 0 Å². The van der Waals surface area contributed by atoms with Crippen LogP contribution < -0.4 is 10.1 Å². The third-order valence-electron chi connectivity index (χ3n) is 4.99. The minimum Gasteiger partial charge on any atom is -0.483 e. The summed E-state index contributed by atoms with van der Waals surface area (Å²) in [5.41, 5.74) is 3.88. The lowest BCUT2D eigenvalue weighted by Crippen LogP contribution is -2.21. The minimum atomic E-state index is -0.527. The highest BCUT2D eigenvalue weighted by Gasteiger charge is 2.25. The number of carbonyl (C=O) groups is 2. The molecule has 0 saturated heterocycles. The van der Waals surface area contributed by atoms with Gasteiger partial charge in [-0.25, -0.2) is 4.79 Å². The van der Waals surface area contributed by atoms with Crippen LogP contribution in [0.1, 0.15) is 46.1 Å². The molecule has 0 fully saturated rings. The van der Waals surface area contributed by atoms with E-state index in [-0.39, 0.29) is 18.4 Å². The molecule has 168 valence electrons. The summed E-state index contributed by atoms with van der Waals surface area (Å²) < 4.78 is 10.8. The van der Waals surface area contributed by atoms with E-state index in [2.05, 4.69) is 19.2 Å². The van der Waals surface area contributed by atoms with Crippen LogP contribution in [-0.4, -0.2) is 25.6 Å². The van der Waals surface area contributed by atoms with Crippen molar-refractivity contribution in [3.05, 3.63) is 69.1 Å². The average Bonchev–Trinajstić information content (AvgIpc) is 3.06. The van der Waals surface area contributed by atoms with E-state index in [4.69, 9.17) is 21.1 Å². The number of hydrogen-bond donors (Lipinski definition) is 1. The van der Waals surface area contributed by atoms with Gasteiger partial charge in [-0.3, -0.25) is 4.79 Å². The molecule has 3 rings (SSSR count). The second-order valence-electron chi connectivity index (χ2n) is 7.77. The Labute approximate surface area is 197 Å². The summed E-state index contributed by atoms with van der Waals surface area (Å²) in [4.78, 5) is 26.2. The largest absolute Gasteiger partial charge is 0.483 e. The van der Waals surface area contributed by atoms with Gasteiger partial charge in [0.1, 0.15) is 16.3 Å². The molecular weight excluding hydrogens is 446 g/mol. The maximum atomic E-state index is 12.7. The van der Waals surface area contributed by atoms with E-state index in [1.807, 2.05) is 44.2 Å². The molecule has 0 bridgehead atoms. The zero-order valence-electron chi connectivity index (χ0n) is 18.7. The zero-order valence-corrected chi connectivity index (χ0v) is 20.3. The van der Waals surface area contributed by atoms with Gasteiger partial charge in [0.2, 0.25) is 0 Å². The molecular formula is C25H26ClNO4S. The molecule has 1 N–H and O–H groups in total. The molecule has 1 aromatic heterocycles. The molecule has 7 heteroatoms. The fraction of sp³-hybridized carbons (Fsp3) is 0.280. The Bertz CT molecular complexity index is 1150. The van der Waals surface area contributed by atoms with Crippen molar-refractivity contribution in [2.24, 2.45) is 0 Å². The Balaban J connectivity index is 1.86. The van der Waals surface area contributed by atoms with Gasteiger partial charge in [-0.15, -0.1) is 11.3 Å². The number of thiophene rings is 1. The fourth-order valence-electron chi connectivity index (χ4n) is 3.47. The van der Waals surface area contributed by atoms with E-state index in [9.17, 15) is 9.59 Å². The second-order valence-corrected chi connectivity index (χ2v) is 9.43. The van der Waals surface area contributed by atoms with Crippen LogP contribution in [0.15, 0.2) is 42.5 Å². The zero-order chi connectivity index (χ0) is 23.4. The van der Waals surface area contributed by atoms with Crippen LogP contribution in [0, 0.1) is 13.8 Å². The molecule has 0 aliphatic heterocycles. The van der Waals surface area contributed by atoms with E-state index in [0.29, 0.717) is 26.9 Å². The van der Waals surface area contributed by atoms with Crippen molar-refractivity contribution in [2.45, 2.75) is 33.6 Å². The second kappa shape index (κ2) is 10.2. The predicted molar refractivity (Wildman–Crippen MR) is 130 cm³/mol. The summed E-state index contributed by atoms with van der Waals surface area (Å²) in [5, 5.41) is 3.81. The fourth-order valence-corrected chi connectivity index (χ4v) is 4.74. The molecule has 0 unspecified atom stereocenters. The van der Waals surface area contributed by atoms with E-state index >= 15 is 0 Å². The van der Waals surface area contributed by atoms with Gasteiger partial charge in [0.05, 0.1) is 7.11 Å². The van der Waals surface area contributed by atoms with Crippen LogP contribution in [-0.2, 0) is 9.53 Å². The Morgan fingerprint density at radius 1 is 1.12 bits per heavy atom. The third kappa shape index (κ3) is 5.31. The number of halogens is 1. The maximum Gasteiger partial charge on any atom is 0.341 e. The standard InChI is InChI=1S/C25H26ClNO4S/c1-14(2)19-10-9-15(3)11-20(19)31-13-21(28)27-24-23(25(29)30-5)22(16(4)32-24)17-7-6-8-18(26)12-17/h6-12,14H,13H2,1-5H3,(H,27,28). The lowest BCUT2D eigenvalue weighted by atomic mass is 10.0. The van der Waals surface area contributed by atoms with Crippen molar-refractivity contribution in [2.75, 3.05) is 19.0 Å². The quantitative estimate of drug-likeness (QED) is 0.393. The molecule has 32 heavy (non-hydrogen) atoms. The predicted octanol–water partition coefficient (Wildman–Crippen LogP) is 6.61. The number of nitrogens with one attached hydrogen (secondary N) is 1. The van der Waals surface area contributed by atoms with Gasteiger partial charge in [0, 0.05) is 15.5 Å². The number of esters is 1. The van der Waals surface area contributed by atoms with Gasteiger partial charge < -0.3 is 14.8 Å². The van der Waals surface area contributed by atoms with Crippen molar-refractivity contribution in [1.82, 2.24) is 0 Å². The summed E-state index contributed by atoms with van der Waals surface area (Å²) in [5.74, 6) is 0.0664. The summed E-state index contributed by atoms with van der Waals surface area (Å²) >= 11 is 7.46. The lowest BCUT2D eigenvalue weighted by molar-refractivity contribution is -0.118. The number of ether oxygens (including phenoxy) is 2. The van der Waals surface area contributed by atoms with E-state index < -0.39 is 5.97 Å². The first-order chi connectivity index (χ1) is 15.2. The van der Waals surface area contributed by atoms with Crippen molar-refractivity contribution in [3.8, 4) is 16.9 Å². The van der Waals surface area contributed by atoms with Gasteiger partial charge in [-0.1, -0.05) is 49.7 Å². The molecule has 2 aromatic carbocycles. The monoisotopic (exact) mass is 471 g/mol. The van der Waals surface area contributed by atoms with Crippen molar-refractivity contribution in [3.63, 3.8) is 0 Å². The molecule has 0 saturated carbocycles. The van der Waals surface area contributed by atoms with E-state index in [1.165, 1.54) is 18.4 Å². The first kappa shape index (κ1) is 23.8. The normalized spacial score (nSPS) is 10.8. The van der Waals surface area contributed by atoms with Gasteiger partial charge in [-0.05, 0) is 54.7 Å². The summed E-state index contributed by atoms with van der Waals surface area (Å²) in [6.45, 7) is 7.85. The van der Waals surface area contributed by atoms with Crippen molar-refractivity contribution >= 4 is 39.8 Å². The van der Waals surface area contributed by atoms with Crippen LogP contribution in [0.25, 0.3) is 11.1 Å². The van der Waals surface area contributed by atoms with E-state index in [0.717, 1.165) is 21.6 Å². The molecule has 5 nitrogen and oxygen atoms in total. The third-order valence-corrected chi connectivity index (χ3v) is 6.25. The van der Waals surface area contributed by atoms with Crippen LogP contribution in [0.5, 0.6) is 5.75 Å². The number of aryl methyl sites for hydroxylation is 2. The molecule has 0 aliphatic rings. The number of carbonyl (C=O) groups excluding carboxylic acids is 2. The molecule has 0 radical (unpaired) electrons. The van der Waals surface area contributed by atoms with Gasteiger partial charge in [0.25, 0.3) is 5.91 Å². The number of anilines is 1. The smallest absolute Gasteiger partial charge is 0.341 e. The Hall–Kier alpha value is -2.83. The average molecular weight is 472 g/mol. The number of methoxy groups -OCH3 is 1. The topological polar surface area (TPSA) is 64.6 Å². The van der Waals surface area contributed by atoms with Gasteiger partial charge >= 0.3 is 5.97 Å². The molecule has 0 atom stereocenters. The highest BCUT2D eigenvalue weighted by molar-refractivity contribution is 7.17. The molecule has 0 aliphatic carbocycles. The highest BCUT2D eigenvalue weighted by Crippen LogP contribution is 2.41. The summed E-state index contributed by atoms with van der Waals surface area (Å²) in [7, 11) is 1.32. The Morgan fingerprint density at radius 2 is 1.88 bits per heavy atom. The summed E-state index contributed by atoms with van der Waals surface area (Å²) in [6.07, 6.45) is 0. The van der Waals surface area contributed by atoms with E-state index in [1.54, 1.807) is 12.1 Å². The van der Waals surface area contributed by atoms with Crippen molar-refractivity contribution in [1.29, 1.82) is 0 Å². The molecule has 1 amide bonds. The van der Waals surface area contributed by atoms with Crippen LogP contribution >= 0.6 is 22.9 Å². The van der Waals surface area contributed by atoms with Crippen molar-refractivity contribution < 1.29 is 19.1 Å². The number of rotatable bonds is 7. The molecule has 0 spiro atoms. The van der Waals surface area contributed by atoms with Gasteiger partial charge in [0.15, 0.2) is 6.61 Å². The first-order valence-electron chi connectivity index (χ1n) is 10.2. The Morgan fingerprint density at radius 3 is 2.53 bits per heavy atom. The SMILES string of the molecule is COC(=O)c1c(NC(=O)COc2cc(C)ccc2C(C)C)sc(C)c1-c1cccc(Cl)c1. The maximum absolute atomic E-state index is 12.7. The number of amides is 1. The van der Waals surface area contributed by atoms with Crippen LogP contribution in [0.4, 0.5) is 5.00 Å². The number of benzene rings is 2. The lowest BCUT2D eigenvalue weighted by Gasteiger charge is -2.15. The van der Waals surface area contributed by atoms with Crippen LogP contribution in [0.2, 0.25) is 5.02 Å². The minimum absolute atomic E-state index is 0.173. The molecule has 1 heterocycles. The Kier molecular flexibility index (Phi) is 7.59. The molecule has 3 aromatic rings. The number of hydrogen-bond acceptors (Lipinski definition) is 5. The summed E-state index contributed by atoms with van der Waals surface area (Å²) in [6, 6.07) is 13.2.